The monoisotopic (exact) mass is 226 g/mol. The lowest BCUT2D eigenvalue weighted by Crippen LogP contribution is -2.45. The Morgan fingerprint density at radius 3 is 2.56 bits per heavy atom. The number of nitrogens with one attached hydrogen (secondary N) is 1. The maximum Gasteiger partial charge on any atom is 0.325 e. The number of esters is 1. The van der Waals surface area contributed by atoms with E-state index in [0.29, 0.717) is 6.54 Å². The van der Waals surface area contributed by atoms with Crippen LogP contribution in [0.25, 0.3) is 0 Å². The predicted molar refractivity (Wildman–Crippen MR) is 60.6 cm³/mol. The Balaban J connectivity index is 4.25. The molecule has 0 rings (SSSR count). The Labute approximate surface area is 96.1 Å². The lowest BCUT2D eigenvalue weighted by Gasteiger charge is -2.25. The van der Waals surface area contributed by atoms with Gasteiger partial charge in [-0.25, -0.2) is 0 Å². The molecule has 16 heavy (non-hydrogen) atoms. The molecule has 0 heterocycles. The van der Waals surface area contributed by atoms with E-state index < -0.39 is 5.97 Å². The quantitative estimate of drug-likeness (QED) is 0.381. The van der Waals surface area contributed by atoms with Gasteiger partial charge in [0.05, 0.1) is 20.2 Å². The van der Waals surface area contributed by atoms with E-state index in [1.807, 2.05) is 13.8 Å². The van der Waals surface area contributed by atoms with Crippen LogP contribution in [0.4, 0.5) is 0 Å². The molecule has 0 bridgehead atoms. The number of carbonyl (C=O) groups is 2. The van der Waals surface area contributed by atoms with E-state index >= 15 is 0 Å². The Kier molecular flexibility index (Phi) is 6.97. The Morgan fingerprint density at radius 2 is 2.12 bits per heavy atom. The summed E-state index contributed by atoms with van der Waals surface area (Å²) >= 11 is 0. The molecule has 0 fully saturated rings. The predicted octanol–water partition coefficient (Wildman–Crippen LogP) is -0.381. The molecule has 0 spiro atoms. The molecule has 0 aromatic carbocycles. The smallest absolute Gasteiger partial charge is 0.325 e. The topological polar surface area (TPSA) is 58.6 Å². The number of nitrogens with zero attached hydrogens (tertiary/aromatic N) is 1. The summed E-state index contributed by atoms with van der Waals surface area (Å²) in [6.45, 7) is 4.09. The van der Waals surface area contributed by atoms with Gasteiger partial charge >= 0.3 is 5.97 Å². The first-order valence-corrected chi connectivity index (χ1v) is 5.03. The first-order valence-electron chi connectivity index (χ1n) is 5.03. The standard InChI is InChI=1S/C11H18N2O3/c1-5-6-12-7-10(14)13(9(2)3)8-11(15)16-4/h1,9,12H,6-8H2,2-4H3. The van der Waals surface area contributed by atoms with Crippen LogP contribution in [0, 0.1) is 12.3 Å². The highest BCUT2D eigenvalue weighted by molar-refractivity contribution is 5.83. The van der Waals surface area contributed by atoms with Gasteiger partial charge in [0.1, 0.15) is 6.54 Å². The lowest BCUT2D eigenvalue weighted by molar-refractivity contribution is -0.147. The van der Waals surface area contributed by atoms with Gasteiger partial charge < -0.3 is 9.64 Å². The van der Waals surface area contributed by atoms with Crippen molar-refractivity contribution in [3.05, 3.63) is 0 Å². The van der Waals surface area contributed by atoms with Crippen molar-refractivity contribution in [3.63, 3.8) is 0 Å². The molecular formula is C11H18N2O3. The van der Waals surface area contributed by atoms with E-state index in [1.54, 1.807) is 0 Å². The van der Waals surface area contributed by atoms with Gasteiger partial charge in [0.15, 0.2) is 0 Å². The number of ether oxygens (including phenoxy) is 1. The molecule has 0 aliphatic rings. The second-order valence-electron chi connectivity index (χ2n) is 3.50. The number of amides is 1. The molecular weight excluding hydrogens is 208 g/mol. The first kappa shape index (κ1) is 14.5. The van der Waals surface area contributed by atoms with Crippen molar-refractivity contribution < 1.29 is 14.3 Å². The van der Waals surface area contributed by atoms with Crippen molar-refractivity contribution in [1.29, 1.82) is 0 Å². The minimum absolute atomic E-state index is 0.0370. The van der Waals surface area contributed by atoms with Gasteiger partial charge in [-0.05, 0) is 13.8 Å². The molecule has 90 valence electrons. The molecule has 0 aromatic heterocycles. The van der Waals surface area contributed by atoms with E-state index in [2.05, 4.69) is 16.0 Å². The minimum atomic E-state index is -0.431. The van der Waals surface area contributed by atoms with E-state index in [4.69, 9.17) is 6.42 Å². The van der Waals surface area contributed by atoms with Gasteiger partial charge in [-0.15, -0.1) is 6.42 Å². The lowest BCUT2D eigenvalue weighted by atomic mass is 10.3. The number of hydrogen-bond donors (Lipinski definition) is 1. The van der Waals surface area contributed by atoms with Crippen LogP contribution < -0.4 is 5.32 Å². The van der Waals surface area contributed by atoms with Gasteiger partial charge in [0.2, 0.25) is 5.91 Å². The molecule has 0 saturated carbocycles. The van der Waals surface area contributed by atoms with Crippen molar-refractivity contribution in [2.45, 2.75) is 19.9 Å². The summed E-state index contributed by atoms with van der Waals surface area (Å²) in [7, 11) is 1.29. The highest BCUT2D eigenvalue weighted by atomic mass is 16.5. The summed E-state index contributed by atoms with van der Waals surface area (Å²) in [6.07, 6.45) is 5.04. The van der Waals surface area contributed by atoms with Crippen molar-refractivity contribution in [2.75, 3.05) is 26.7 Å². The molecule has 1 amide bonds. The Hall–Kier alpha value is -1.54. The van der Waals surface area contributed by atoms with Crippen LogP contribution >= 0.6 is 0 Å². The highest BCUT2D eigenvalue weighted by Gasteiger charge is 2.19. The normalized spacial score (nSPS) is 9.69. The van der Waals surface area contributed by atoms with E-state index in [-0.39, 0.29) is 25.0 Å². The van der Waals surface area contributed by atoms with Crippen LogP contribution in [0.3, 0.4) is 0 Å². The van der Waals surface area contributed by atoms with Gasteiger partial charge in [0, 0.05) is 6.04 Å². The highest BCUT2D eigenvalue weighted by Crippen LogP contribution is 1.99. The second-order valence-corrected chi connectivity index (χ2v) is 3.50. The summed E-state index contributed by atoms with van der Waals surface area (Å²) in [6, 6.07) is -0.0563. The zero-order valence-electron chi connectivity index (χ0n) is 9.95. The maximum atomic E-state index is 11.7. The summed E-state index contributed by atoms with van der Waals surface area (Å²) in [5, 5.41) is 2.78. The first-order chi connectivity index (χ1) is 7.52. The molecule has 1 N–H and O–H groups in total. The van der Waals surface area contributed by atoms with E-state index in [0.717, 1.165) is 0 Å². The largest absolute Gasteiger partial charge is 0.468 e. The molecule has 0 aliphatic carbocycles. The molecule has 0 saturated heterocycles. The SMILES string of the molecule is C#CCNCC(=O)N(CC(=O)OC)C(C)C. The number of terminal acetylenes is 1. The van der Waals surface area contributed by atoms with Crippen LogP contribution in [0.5, 0.6) is 0 Å². The molecule has 0 unspecified atom stereocenters. The van der Waals surface area contributed by atoms with Crippen molar-refractivity contribution in [2.24, 2.45) is 0 Å². The molecule has 0 atom stereocenters. The van der Waals surface area contributed by atoms with E-state index in [9.17, 15) is 9.59 Å². The molecule has 0 aromatic rings. The third-order valence-electron chi connectivity index (χ3n) is 1.97. The average molecular weight is 226 g/mol. The van der Waals surface area contributed by atoms with Crippen molar-refractivity contribution >= 4 is 11.9 Å². The van der Waals surface area contributed by atoms with Crippen molar-refractivity contribution in [3.8, 4) is 12.3 Å². The fraction of sp³-hybridized carbons (Fsp3) is 0.636. The van der Waals surface area contributed by atoms with Crippen LogP contribution in [-0.2, 0) is 14.3 Å². The van der Waals surface area contributed by atoms with E-state index in [1.165, 1.54) is 12.0 Å². The zero-order chi connectivity index (χ0) is 12.6. The zero-order valence-corrected chi connectivity index (χ0v) is 9.95. The van der Waals surface area contributed by atoms with Crippen LogP contribution in [0.15, 0.2) is 0 Å². The van der Waals surface area contributed by atoms with Gasteiger partial charge in [-0.2, -0.15) is 0 Å². The third kappa shape index (κ3) is 5.37. The second kappa shape index (κ2) is 7.71. The number of carbonyl (C=O) groups excluding carboxylic acids is 2. The number of hydrogen-bond acceptors (Lipinski definition) is 4. The number of methoxy groups -OCH3 is 1. The maximum absolute atomic E-state index is 11.7. The van der Waals surface area contributed by atoms with Crippen molar-refractivity contribution in [1.82, 2.24) is 10.2 Å². The summed E-state index contributed by atoms with van der Waals surface area (Å²) in [5.74, 6) is 1.77. The van der Waals surface area contributed by atoms with Crippen LogP contribution in [-0.4, -0.2) is 49.6 Å². The van der Waals surface area contributed by atoms with Gasteiger partial charge in [-0.1, -0.05) is 5.92 Å². The third-order valence-corrected chi connectivity index (χ3v) is 1.97. The summed E-state index contributed by atoms with van der Waals surface area (Å²) in [5.41, 5.74) is 0. The fourth-order valence-corrected chi connectivity index (χ4v) is 1.11. The number of rotatable bonds is 6. The molecule has 0 radical (unpaired) electrons. The fourth-order valence-electron chi connectivity index (χ4n) is 1.11. The Morgan fingerprint density at radius 1 is 1.50 bits per heavy atom. The summed E-state index contributed by atoms with van der Waals surface area (Å²) < 4.78 is 4.52. The molecule has 5 heteroatoms. The average Bonchev–Trinajstić information content (AvgIpc) is 2.25. The summed E-state index contributed by atoms with van der Waals surface area (Å²) in [4.78, 5) is 24.2. The van der Waals surface area contributed by atoms with Crippen LogP contribution in [0.1, 0.15) is 13.8 Å². The minimum Gasteiger partial charge on any atom is -0.468 e. The molecule has 0 aliphatic heterocycles. The molecule has 5 nitrogen and oxygen atoms in total. The van der Waals surface area contributed by atoms with Crippen LogP contribution in [0.2, 0.25) is 0 Å². The Bertz CT molecular complexity index is 281. The van der Waals surface area contributed by atoms with Gasteiger partial charge in [-0.3, -0.25) is 14.9 Å². The van der Waals surface area contributed by atoms with Gasteiger partial charge in [0.25, 0.3) is 0 Å².